The minimum atomic E-state index is -0.356. The Kier molecular flexibility index (Phi) is 2.95. The average molecular weight is 219 g/mol. The maximum atomic E-state index is 12.6. The van der Waals surface area contributed by atoms with E-state index in [-0.39, 0.29) is 11.7 Å². The highest BCUT2D eigenvalue weighted by Gasteiger charge is 2.05. The maximum absolute atomic E-state index is 12.6. The third-order valence-electron chi connectivity index (χ3n) is 2.10. The first-order valence-corrected chi connectivity index (χ1v) is 4.77. The zero-order valence-corrected chi connectivity index (χ0v) is 8.40. The number of aromatic amines is 1. The number of hydrogen-bond donors (Lipinski definition) is 2. The summed E-state index contributed by atoms with van der Waals surface area (Å²) < 4.78 is 12.6. The van der Waals surface area contributed by atoms with Gasteiger partial charge in [-0.1, -0.05) is 0 Å². The van der Waals surface area contributed by atoms with Gasteiger partial charge < -0.3 is 10.3 Å². The van der Waals surface area contributed by atoms with Gasteiger partial charge in [0, 0.05) is 11.8 Å². The zero-order valence-electron chi connectivity index (χ0n) is 8.40. The largest absolute Gasteiger partial charge is 0.347 e. The van der Waals surface area contributed by atoms with Gasteiger partial charge in [-0.25, -0.2) is 9.37 Å². The number of carbonyl (C=O) groups excluding carboxylic acids is 1. The highest BCUT2D eigenvalue weighted by molar-refractivity contribution is 5.94. The normalized spacial score (nSPS) is 10.1. The molecule has 5 heteroatoms. The Morgan fingerprint density at radius 3 is 2.75 bits per heavy atom. The number of halogens is 1. The van der Waals surface area contributed by atoms with Gasteiger partial charge in [0.25, 0.3) is 5.91 Å². The van der Waals surface area contributed by atoms with E-state index < -0.39 is 0 Å². The molecule has 0 unspecified atom stereocenters. The van der Waals surface area contributed by atoms with Crippen LogP contribution in [-0.2, 0) is 6.54 Å². The summed E-state index contributed by atoms with van der Waals surface area (Å²) in [6.07, 6.45) is 3.17. The number of H-pyrrole nitrogens is 1. The molecule has 1 aromatic heterocycles. The Hall–Kier alpha value is -2.17. The van der Waals surface area contributed by atoms with Crippen LogP contribution in [0.4, 0.5) is 4.39 Å². The van der Waals surface area contributed by atoms with E-state index in [4.69, 9.17) is 0 Å². The average Bonchev–Trinajstić information content (AvgIpc) is 2.80. The van der Waals surface area contributed by atoms with Crippen LogP contribution in [0.15, 0.2) is 36.8 Å². The van der Waals surface area contributed by atoms with Crippen LogP contribution in [0.25, 0.3) is 0 Å². The van der Waals surface area contributed by atoms with Gasteiger partial charge in [-0.2, -0.15) is 0 Å². The number of nitrogens with zero attached hydrogens (tertiary/aromatic N) is 1. The molecule has 0 aliphatic carbocycles. The molecule has 2 rings (SSSR count). The van der Waals surface area contributed by atoms with Gasteiger partial charge in [0.2, 0.25) is 0 Å². The first kappa shape index (κ1) is 10.4. The smallest absolute Gasteiger partial charge is 0.251 e. The molecule has 0 saturated carbocycles. The van der Waals surface area contributed by atoms with E-state index in [9.17, 15) is 9.18 Å². The summed E-state index contributed by atoms with van der Waals surface area (Å²) in [5, 5.41) is 2.69. The predicted octanol–water partition coefficient (Wildman–Crippen LogP) is 1.48. The molecular formula is C11H10FN3O. The minimum absolute atomic E-state index is 0.241. The summed E-state index contributed by atoms with van der Waals surface area (Å²) >= 11 is 0. The van der Waals surface area contributed by atoms with Crippen LogP contribution >= 0.6 is 0 Å². The molecule has 82 valence electrons. The van der Waals surface area contributed by atoms with Crippen molar-refractivity contribution in [2.24, 2.45) is 0 Å². The van der Waals surface area contributed by atoms with Gasteiger partial charge in [0.15, 0.2) is 0 Å². The third kappa shape index (κ3) is 2.44. The van der Waals surface area contributed by atoms with Crippen LogP contribution in [0, 0.1) is 5.82 Å². The Morgan fingerprint density at radius 1 is 1.38 bits per heavy atom. The molecule has 2 N–H and O–H groups in total. The molecule has 0 aliphatic heterocycles. The van der Waals surface area contributed by atoms with E-state index in [2.05, 4.69) is 15.3 Å². The second-order valence-electron chi connectivity index (χ2n) is 3.27. The summed E-state index contributed by atoms with van der Waals surface area (Å²) in [6, 6.07) is 5.39. The van der Waals surface area contributed by atoms with Gasteiger partial charge in [-0.3, -0.25) is 4.79 Å². The first-order valence-electron chi connectivity index (χ1n) is 4.77. The molecular weight excluding hydrogens is 209 g/mol. The van der Waals surface area contributed by atoms with Crippen molar-refractivity contribution in [3.8, 4) is 0 Å². The summed E-state index contributed by atoms with van der Waals surface area (Å²) in [6.45, 7) is 0.371. The van der Waals surface area contributed by atoms with Crippen LogP contribution in [0.1, 0.15) is 16.1 Å². The SMILES string of the molecule is O=C(NCc1cnc[nH]1)c1ccc(F)cc1. The molecule has 16 heavy (non-hydrogen) atoms. The van der Waals surface area contributed by atoms with Crippen molar-refractivity contribution in [3.63, 3.8) is 0 Å². The zero-order chi connectivity index (χ0) is 11.4. The Balaban J connectivity index is 1.95. The number of rotatable bonds is 3. The van der Waals surface area contributed by atoms with E-state index in [0.29, 0.717) is 12.1 Å². The van der Waals surface area contributed by atoms with Crippen molar-refractivity contribution < 1.29 is 9.18 Å². The highest BCUT2D eigenvalue weighted by atomic mass is 19.1. The molecule has 1 heterocycles. The molecule has 4 nitrogen and oxygen atoms in total. The number of amides is 1. The fraction of sp³-hybridized carbons (Fsp3) is 0.0909. The van der Waals surface area contributed by atoms with Gasteiger partial charge >= 0.3 is 0 Å². The van der Waals surface area contributed by atoms with E-state index in [1.807, 2.05) is 0 Å². The standard InChI is InChI=1S/C11H10FN3O/c12-9-3-1-8(2-4-9)11(16)14-6-10-5-13-7-15-10/h1-5,7H,6H2,(H,13,15)(H,14,16). The van der Waals surface area contributed by atoms with Gasteiger partial charge in [-0.15, -0.1) is 0 Å². The molecule has 0 fully saturated rings. The monoisotopic (exact) mass is 219 g/mol. The van der Waals surface area contributed by atoms with Crippen LogP contribution < -0.4 is 5.32 Å². The van der Waals surface area contributed by atoms with Crippen molar-refractivity contribution in [2.75, 3.05) is 0 Å². The number of benzene rings is 1. The van der Waals surface area contributed by atoms with Crippen molar-refractivity contribution in [2.45, 2.75) is 6.54 Å². The lowest BCUT2D eigenvalue weighted by atomic mass is 10.2. The number of imidazole rings is 1. The second-order valence-corrected chi connectivity index (χ2v) is 3.27. The van der Waals surface area contributed by atoms with Gasteiger partial charge in [-0.05, 0) is 24.3 Å². The maximum Gasteiger partial charge on any atom is 0.251 e. The molecule has 0 atom stereocenters. The van der Waals surface area contributed by atoms with E-state index in [1.165, 1.54) is 24.3 Å². The first-order chi connectivity index (χ1) is 7.75. The van der Waals surface area contributed by atoms with E-state index in [1.54, 1.807) is 12.5 Å². The summed E-state index contributed by atoms with van der Waals surface area (Å²) in [5.41, 5.74) is 1.25. The summed E-state index contributed by atoms with van der Waals surface area (Å²) in [7, 11) is 0. The van der Waals surface area contributed by atoms with Gasteiger partial charge in [0.05, 0.1) is 18.6 Å². The molecule has 0 aliphatic rings. The van der Waals surface area contributed by atoms with E-state index in [0.717, 1.165) is 5.69 Å². The Bertz CT molecular complexity index is 464. The lowest BCUT2D eigenvalue weighted by Gasteiger charge is -2.03. The van der Waals surface area contributed by atoms with Crippen LogP contribution in [0.5, 0.6) is 0 Å². The van der Waals surface area contributed by atoms with Crippen molar-refractivity contribution in [1.82, 2.24) is 15.3 Å². The molecule has 1 aromatic carbocycles. The summed E-state index contributed by atoms with van der Waals surface area (Å²) in [4.78, 5) is 18.3. The fourth-order valence-corrected chi connectivity index (χ4v) is 1.26. The minimum Gasteiger partial charge on any atom is -0.347 e. The highest BCUT2D eigenvalue weighted by Crippen LogP contribution is 2.02. The molecule has 2 aromatic rings. The number of aromatic nitrogens is 2. The number of nitrogens with one attached hydrogen (secondary N) is 2. The molecule has 1 amide bonds. The molecule has 0 radical (unpaired) electrons. The number of carbonyl (C=O) groups is 1. The molecule has 0 saturated heterocycles. The fourth-order valence-electron chi connectivity index (χ4n) is 1.26. The molecule has 0 spiro atoms. The van der Waals surface area contributed by atoms with Gasteiger partial charge in [0.1, 0.15) is 5.82 Å². The Labute approximate surface area is 91.5 Å². The van der Waals surface area contributed by atoms with E-state index >= 15 is 0 Å². The summed E-state index contributed by atoms with van der Waals surface area (Å²) in [5.74, 6) is -0.597. The number of hydrogen-bond acceptors (Lipinski definition) is 2. The van der Waals surface area contributed by atoms with Crippen molar-refractivity contribution in [3.05, 3.63) is 53.9 Å². The lowest BCUT2D eigenvalue weighted by Crippen LogP contribution is -2.22. The van der Waals surface area contributed by atoms with Crippen LogP contribution in [0.3, 0.4) is 0 Å². The van der Waals surface area contributed by atoms with Crippen LogP contribution in [0.2, 0.25) is 0 Å². The second kappa shape index (κ2) is 4.57. The quantitative estimate of drug-likeness (QED) is 0.821. The lowest BCUT2D eigenvalue weighted by molar-refractivity contribution is 0.0950. The van der Waals surface area contributed by atoms with Crippen LogP contribution in [-0.4, -0.2) is 15.9 Å². The molecule has 0 bridgehead atoms. The third-order valence-corrected chi connectivity index (χ3v) is 2.10. The predicted molar refractivity (Wildman–Crippen MR) is 56.2 cm³/mol. The van der Waals surface area contributed by atoms with Crippen molar-refractivity contribution in [1.29, 1.82) is 0 Å². The van der Waals surface area contributed by atoms with Crippen molar-refractivity contribution >= 4 is 5.91 Å². The Morgan fingerprint density at radius 2 is 2.12 bits per heavy atom. The topological polar surface area (TPSA) is 57.8 Å².